The van der Waals surface area contributed by atoms with Gasteiger partial charge < -0.3 is 15.6 Å². The fraction of sp³-hybridized carbons (Fsp3) is 0.526. The minimum absolute atomic E-state index is 0. The Balaban J connectivity index is 0.00000210. The quantitative estimate of drug-likeness (QED) is 0.639. The molecule has 1 aromatic carbocycles. The summed E-state index contributed by atoms with van der Waals surface area (Å²) in [4.78, 5) is 31.5. The molecule has 2 aromatic rings. The number of nitrogens with zero attached hydrogens (tertiary/aromatic N) is 1. The summed E-state index contributed by atoms with van der Waals surface area (Å²) in [5.41, 5.74) is 0.606. The Kier molecular flexibility index (Phi) is 6.78. The maximum absolute atomic E-state index is 12.2. The van der Waals surface area contributed by atoms with E-state index in [1.54, 1.807) is 17.8 Å². The highest BCUT2D eigenvalue weighted by Gasteiger charge is 2.33. The molecule has 3 N–H and O–H groups in total. The second-order valence-electron chi connectivity index (χ2n) is 7.21. The number of nitrogens with one attached hydrogen (secondary N) is 3. The van der Waals surface area contributed by atoms with Crippen molar-refractivity contribution in [2.24, 2.45) is 0 Å². The van der Waals surface area contributed by atoms with E-state index in [9.17, 15) is 9.59 Å². The molecule has 2 aliphatic heterocycles. The first-order valence-electron chi connectivity index (χ1n) is 9.28. The lowest BCUT2D eigenvalue weighted by atomic mass is 10.00. The summed E-state index contributed by atoms with van der Waals surface area (Å²) in [6.07, 6.45) is 5.09. The number of rotatable bonds is 6. The summed E-state index contributed by atoms with van der Waals surface area (Å²) < 4.78 is 0. The fourth-order valence-corrected chi connectivity index (χ4v) is 4.82. The van der Waals surface area contributed by atoms with Crippen LogP contribution in [0.15, 0.2) is 29.1 Å². The van der Waals surface area contributed by atoms with Gasteiger partial charge in [-0.2, -0.15) is 11.8 Å². The van der Waals surface area contributed by atoms with E-state index in [1.165, 1.54) is 12.8 Å². The number of hydrogen-bond acceptors (Lipinski definition) is 5. The first-order valence-corrected chi connectivity index (χ1v) is 10.4. The van der Waals surface area contributed by atoms with Gasteiger partial charge in [0.25, 0.3) is 5.56 Å². The summed E-state index contributed by atoms with van der Waals surface area (Å²) in [5.74, 6) is 2.11. The van der Waals surface area contributed by atoms with Gasteiger partial charge in [0.05, 0.1) is 16.7 Å². The number of para-hydroxylation sites is 1. The standard InChI is InChI=1S/C19H24N4O2S.ClH/c24-18(21-14-9-12-5-6-13(10-14)20-12)7-8-26-11-17-22-16-4-2-1-3-15(16)19(25)23-17;/h1-4,12-14,20H,5-11H2,(H,21,24)(H,22,23,25);1H. The first kappa shape index (κ1) is 20.2. The van der Waals surface area contributed by atoms with Gasteiger partial charge in [0.1, 0.15) is 5.82 Å². The van der Waals surface area contributed by atoms with Crippen molar-refractivity contribution in [1.29, 1.82) is 0 Å². The van der Waals surface area contributed by atoms with E-state index in [1.807, 2.05) is 18.2 Å². The second kappa shape index (κ2) is 9.08. The number of fused-ring (bicyclic) bond motifs is 3. The molecule has 146 valence electrons. The molecule has 1 amide bonds. The van der Waals surface area contributed by atoms with Crippen LogP contribution in [0.5, 0.6) is 0 Å². The summed E-state index contributed by atoms with van der Waals surface area (Å²) in [6.45, 7) is 0. The van der Waals surface area contributed by atoms with Crippen LogP contribution in [0.2, 0.25) is 0 Å². The Morgan fingerprint density at radius 3 is 2.74 bits per heavy atom. The topological polar surface area (TPSA) is 86.9 Å². The summed E-state index contributed by atoms with van der Waals surface area (Å²) in [5, 5.41) is 7.38. The van der Waals surface area contributed by atoms with Gasteiger partial charge in [-0.25, -0.2) is 4.98 Å². The van der Waals surface area contributed by atoms with Crippen molar-refractivity contribution in [2.75, 3.05) is 5.75 Å². The smallest absolute Gasteiger partial charge is 0.258 e. The number of amides is 1. The van der Waals surface area contributed by atoms with E-state index in [4.69, 9.17) is 0 Å². The van der Waals surface area contributed by atoms with Crippen LogP contribution in [0.25, 0.3) is 10.9 Å². The molecule has 2 fully saturated rings. The van der Waals surface area contributed by atoms with Crippen molar-refractivity contribution in [1.82, 2.24) is 20.6 Å². The summed E-state index contributed by atoms with van der Waals surface area (Å²) in [6, 6.07) is 8.83. The zero-order chi connectivity index (χ0) is 17.9. The average Bonchev–Trinajstić information content (AvgIpc) is 2.97. The summed E-state index contributed by atoms with van der Waals surface area (Å²) >= 11 is 1.62. The molecule has 0 spiro atoms. The van der Waals surface area contributed by atoms with E-state index in [0.717, 1.165) is 18.6 Å². The molecule has 3 heterocycles. The van der Waals surface area contributed by atoms with Crippen LogP contribution < -0.4 is 16.2 Å². The van der Waals surface area contributed by atoms with Crippen LogP contribution in [-0.4, -0.2) is 39.8 Å². The normalized spacial score (nSPS) is 23.8. The largest absolute Gasteiger partial charge is 0.353 e. The molecule has 0 saturated carbocycles. The Hall–Kier alpha value is -1.57. The third-order valence-corrected chi connectivity index (χ3v) is 6.18. The molecular weight excluding hydrogens is 384 g/mol. The molecule has 27 heavy (non-hydrogen) atoms. The van der Waals surface area contributed by atoms with Crippen LogP contribution in [0.3, 0.4) is 0 Å². The predicted molar refractivity (Wildman–Crippen MR) is 112 cm³/mol. The lowest BCUT2D eigenvalue weighted by Gasteiger charge is -2.29. The van der Waals surface area contributed by atoms with E-state index >= 15 is 0 Å². The van der Waals surface area contributed by atoms with Crippen molar-refractivity contribution in [2.45, 2.75) is 56.0 Å². The van der Waals surface area contributed by atoms with E-state index in [-0.39, 0.29) is 23.9 Å². The molecule has 2 saturated heterocycles. The number of carbonyl (C=O) groups is 1. The Labute approximate surface area is 168 Å². The third kappa shape index (κ3) is 5.03. The number of benzene rings is 1. The van der Waals surface area contributed by atoms with Gasteiger partial charge in [-0.3, -0.25) is 9.59 Å². The second-order valence-corrected chi connectivity index (χ2v) is 8.31. The number of H-pyrrole nitrogens is 1. The van der Waals surface area contributed by atoms with Crippen LogP contribution >= 0.6 is 24.2 Å². The van der Waals surface area contributed by atoms with Gasteiger partial charge >= 0.3 is 0 Å². The van der Waals surface area contributed by atoms with Crippen molar-refractivity contribution < 1.29 is 4.79 Å². The number of thioether (sulfide) groups is 1. The van der Waals surface area contributed by atoms with Crippen molar-refractivity contribution in [3.8, 4) is 0 Å². The molecule has 6 nitrogen and oxygen atoms in total. The Morgan fingerprint density at radius 1 is 1.22 bits per heavy atom. The minimum Gasteiger partial charge on any atom is -0.353 e. The van der Waals surface area contributed by atoms with Crippen molar-refractivity contribution in [3.05, 3.63) is 40.4 Å². The molecule has 2 aliphatic rings. The van der Waals surface area contributed by atoms with Gasteiger partial charge in [0, 0.05) is 30.3 Å². The van der Waals surface area contributed by atoms with Gasteiger partial charge in [-0.1, -0.05) is 12.1 Å². The molecular formula is C19H25ClN4O2S. The maximum Gasteiger partial charge on any atom is 0.258 e. The third-order valence-electron chi connectivity index (χ3n) is 5.21. The molecule has 2 atom stereocenters. The van der Waals surface area contributed by atoms with Crippen molar-refractivity contribution in [3.63, 3.8) is 0 Å². The monoisotopic (exact) mass is 408 g/mol. The van der Waals surface area contributed by atoms with E-state index in [0.29, 0.717) is 47.0 Å². The first-order chi connectivity index (χ1) is 12.7. The highest BCUT2D eigenvalue weighted by molar-refractivity contribution is 7.98. The van der Waals surface area contributed by atoms with Gasteiger partial charge in [-0.05, 0) is 37.8 Å². The summed E-state index contributed by atoms with van der Waals surface area (Å²) in [7, 11) is 0. The zero-order valence-electron chi connectivity index (χ0n) is 15.1. The van der Waals surface area contributed by atoms with Gasteiger partial charge in [0.2, 0.25) is 5.91 Å². The molecule has 2 bridgehead atoms. The van der Waals surface area contributed by atoms with Crippen LogP contribution in [0, 0.1) is 0 Å². The maximum atomic E-state index is 12.2. The number of aromatic nitrogens is 2. The number of piperidine rings is 1. The number of halogens is 1. The van der Waals surface area contributed by atoms with Gasteiger partial charge in [-0.15, -0.1) is 12.4 Å². The molecule has 8 heteroatoms. The fourth-order valence-electron chi connectivity index (χ4n) is 4.01. The number of hydrogen-bond donors (Lipinski definition) is 3. The Bertz CT molecular complexity index is 847. The highest BCUT2D eigenvalue weighted by atomic mass is 35.5. The van der Waals surface area contributed by atoms with Crippen molar-refractivity contribution >= 4 is 41.0 Å². The molecule has 4 rings (SSSR count). The lowest BCUT2D eigenvalue weighted by Crippen LogP contribution is -2.48. The number of aromatic amines is 1. The zero-order valence-corrected chi connectivity index (χ0v) is 16.7. The lowest BCUT2D eigenvalue weighted by molar-refractivity contribution is -0.121. The van der Waals surface area contributed by atoms with Crippen LogP contribution in [0.1, 0.15) is 37.9 Å². The molecule has 0 radical (unpaired) electrons. The predicted octanol–water partition coefficient (Wildman–Crippen LogP) is 2.37. The SMILES string of the molecule is Cl.O=C(CCSCc1nc2ccccc2c(=O)[nH]1)NC1CC2CCC(C1)N2. The molecule has 2 unspecified atom stereocenters. The Morgan fingerprint density at radius 2 is 1.96 bits per heavy atom. The van der Waals surface area contributed by atoms with Crippen LogP contribution in [0.4, 0.5) is 0 Å². The minimum atomic E-state index is -0.107. The van der Waals surface area contributed by atoms with E-state index in [2.05, 4.69) is 20.6 Å². The molecule has 1 aromatic heterocycles. The van der Waals surface area contributed by atoms with E-state index < -0.39 is 0 Å². The average molecular weight is 409 g/mol. The van der Waals surface area contributed by atoms with Gasteiger partial charge in [0.15, 0.2) is 0 Å². The highest BCUT2D eigenvalue weighted by Crippen LogP contribution is 2.26. The number of carbonyl (C=O) groups excluding carboxylic acids is 1. The molecule has 0 aliphatic carbocycles. The van der Waals surface area contributed by atoms with Crippen LogP contribution in [-0.2, 0) is 10.5 Å².